The highest BCUT2D eigenvalue weighted by Gasteiger charge is 2.20. The lowest BCUT2D eigenvalue weighted by atomic mass is 10.0. The highest BCUT2D eigenvalue weighted by molar-refractivity contribution is 6.35. The van der Waals surface area contributed by atoms with Crippen LogP contribution >= 0.6 is 23.2 Å². The standard InChI is InChI=1S/C28H18Cl2N6/c29-21-11-10-18(25(30)13-21)12-19-16-35(26-9-5-4-8-23(19)26)17-20(14-31)27-24(15-32)28(33)36(34-27)22-6-2-1-3-7-22/h1-11,13,16-17H,12,33H2. The summed E-state index contributed by atoms with van der Waals surface area (Å²) in [6.07, 6.45) is 4.21. The number of nitriles is 2. The van der Waals surface area contributed by atoms with Gasteiger partial charge in [0.2, 0.25) is 0 Å². The monoisotopic (exact) mass is 508 g/mol. The van der Waals surface area contributed by atoms with E-state index in [4.69, 9.17) is 28.9 Å². The van der Waals surface area contributed by atoms with Gasteiger partial charge in [-0.2, -0.15) is 15.6 Å². The fourth-order valence-electron chi connectivity index (χ4n) is 4.17. The number of benzene rings is 3. The number of fused-ring (bicyclic) bond motifs is 1. The van der Waals surface area contributed by atoms with Crippen molar-refractivity contribution >= 4 is 51.7 Å². The number of nitrogen functional groups attached to an aromatic ring is 1. The van der Waals surface area contributed by atoms with Crippen molar-refractivity contribution in [2.45, 2.75) is 6.42 Å². The van der Waals surface area contributed by atoms with Crippen molar-refractivity contribution in [1.82, 2.24) is 14.3 Å². The van der Waals surface area contributed by atoms with E-state index in [0.29, 0.717) is 22.2 Å². The minimum atomic E-state index is 0.149. The lowest BCUT2D eigenvalue weighted by Crippen LogP contribution is -2.02. The van der Waals surface area contributed by atoms with Gasteiger partial charge in [0.25, 0.3) is 0 Å². The molecule has 3 aromatic carbocycles. The van der Waals surface area contributed by atoms with Crippen LogP contribution in [0, 0.1) is 22.7 Å². The van der Waals surface area contributed by atoms with Crippen LogP contribution in [0.4, 0.5) is 5.82 Å². The lowest BCUT2D eigenvalue weighted by Gasteiger charge is -2.04. The smallest absolute Gasteiger partial charge is 0.145 e. The molecule has 0 fully saturated rings. The van der Waals surface area contributed by atoms with Gasteiger partial charge in [0.15, 0.2) is 0 Å². The predicted octanol–water partition coefficient (Wildman–Crippen LogP) is 6.70. The van der Waals surface area contributed by atoms with Crippen molar-refractivity contribution < 1.29 is 0 Å². The van der Waals surface area contributed by atoms with Crippen LogP contribution in [0.5, 0.6) is 0 Å². The zero-order chi connectivity index (χ0) is 25.2. The van der Waals surface area contributed by atoms with Gasteiger partial charge in [0.1, 0.15) is 29.2 Å². The average molecular weight is 509 g/mol. The van der Waals surface area contributed by atoms with E-state index in [2.05, 4.69) is 17.2 Å². The van der Waals surface area contributed by atoms with Gasteiger partial charge in [-0.05, 0) is 41.5 Å². The second-order valence-electron chi connectivity index (χ2n) is 8.11. The molecule has 2 N–H and O–H groups in total. The Morgan fingerprint density at radius 2 is 1.72 bits per heavy atom. The Morgan fingerprint density at radius 1 is 0.972 bits per heavy atom. The second kappa shape index (κ2) is 9.64. The summed E-state index contributed by atoms with van der Waals surface area (Å²) in [5.41, 5.74) is 10.4. The van der Waals surface area contributed by atoms with E-state index in [0.717, 1.165) is 22.0 Å². The van der Waals surface area contributed by atoms with Gasteiger partial charge in [-0.3, -0.25) is 0 Å². The van der Waals surface area contributed by atoms with Gasteiger partial charge in [-0.15, -0.1) is 0 Å². The number of hydrogen-bond acceptors (Lipinski definition) is 4. The van der Waals surface area contributed by atoms with Crippen molar-refractivity contribution in [2.24, 2.45) is 0 Å². The molecule has 0 aliphatic heterocycles. The predicted molar refractivity (Wildman–Crippen MR) is 144 cm³/mol. The Labute approximate surface area is 217 Å². The molecule has 5 rings (SSSR count). The van der Waals surface area contributed by atoms with Crippen LogP contribution in [0.1, 0.15) is 22.4 Å². The van der Waals surface area contributed by atoms with Gasteiger partial charge in [0.05, 0.1) is 16.8 Å². The van der Waals surface area contributed by atoms with Crippen molar-refractivity contribution in [3.8, 4) is 17.8 Å². The Balaban J connectivity index is 1.63. The van der Waals surface area contributed by atoms with Crippen molar-refractivity contribution in [3.05, 3.63) is 111 Å². The van der Waals surface area contributed by atoms with E-state index >= 15 is 0 Å². The first kappa shape index (κ1) is 23.3. The Bertz CT molecular complexity index is 1720. The number of nitrogens with zero attached hydrogens (tertiary/aromatic N) is 5. The summed E-state index contributed by atoms with van der Waals surface area (Å²) < 4.78 is 3.34. The molecular weight excluding hydrogens is 491 g/mol. The third kappa shape index (κ3) is 4.21. The topological polar surface area (TPSA) is 96.3 Å². The van der Waals surface area contributed by atoms with E-state index in [1.54, 1.807) is 12.3 Å². The highest BCUT2D eigenvalue weighted by Crippen LogP contribution is 2.30. The molecule has 0 saturated heterocycles. The number of halogens is 2. The van der Waals surface area contributed by atoms with E-state index in [1.807, 2.05) is 77.5 Å². The van der Waals surface area contributed by atoms with Gasteiger partial charge in [-0.1, -0.05) is 65.7 Å². The third-order valence-corrected chi connectivity index (χ3v) is 6.48. The minimum Gasteiger partial charge on any atom is -0.382 e. The van der Waals surface area contributed by atoms with Crippen molar-refractivity contribution in [2.75, 3.05) is 5.73 Å². The molecule has 0 bridgehead atoms. The Morgan fingerprint density at radius 3 is 2.44 bits per heavy atom. The van der Waals surface area contributed by atoms with Crippen molar-refractivity contribution in [3.63, 3.8) is 0 Å². The first-order valence-corrected chi connectivity index (χ1v) is 11.7. The molecule has 174 valence electrons. The van der Waals surface area contributed by atoms with E-state index in [1.165, 1.54) is 4.68 Å². The van der Waals surface area contributed by atoms with Crippen LogP contribution < -0.4 is 5.73 Å². The van der Waals surface area contributed by atoms with Gasteiger partial charge < -0.3 is 10.3 Å². The number of hydrogen-bond donors (Lipinski definition) is 1. The molecule has 0 atom stereocenters. The number of nitrogens with two attached hydrogens (primary N) is 1. The second-order valence-corrected chi connectivity index (χ2v) is 8.96. The normalized spacial score (nSPS) is 11.4. The van der Waals surface area contributed by atoms with Gasteiger partial charge in [-0.25, -0.2) is 4.68 Å². The molecule has 0 aliphatic carbocycles. The van der Waals surface area contributed by atoms with Crippen LogP contribution in [0.3, 0.4) is 0 Å². The van der Waals surface area contributed by atoms with Crippen LogP contribution in [-0.2, 0) is 6.42 Å². The molecular formula is C28H18Cl2N6. The van der Waals surface area contributed by atoms with E-state index < -0.39 is 0 Å². The summed E-state index contributed by atoms with van der Waals surface area (Å²) in [5.74, 6) is 0.176. The maximum atomic E-state index is 10.0. The molecule has 0 radical (unpaired) electrons. The van der Waals surface area contributed by atoms with Crippen LogP contribution in [0.2, 0.25) is 10.0 Å². The lowest BCUT2D eigenvalue weighted by molar-refractivity contribution is 0.884. The third-order valence-electron chi connectivity index (χ3n) is 5.90. The number of para-hydroxylation sites is 2. The average Bonchev–Trinajstić information content (AvgIpc) is 3.41. The van der Waals surface area contributed by atoms with E-state index in [-0.39, 0.29) is 22.6 Å². The van der Waals surface area contributed by atoms with Crippen LogP contribution in [0.25, 0.3) is 28.4 Å². The Hall–Kier alpha value is -4.49. The molecule has 8 heteroatoms. The minimum absolute atomic E-state index is 0.149. The number of aromatic nitrogens is 3. The molecule has 0 amide bonds. The first-order chi connectivity index (χ1) is 17.5. The molecule has 0 unspecified atom stereocenters. The molecule has 0 spiro atoms. The number of allylic oxidation sites excluding steroid dienone is 1. The Kier molecular flexibility index (Phi) is 6.23. The van der Waals surface area contributed by atoms with Crippen LogP contribution in [-0.4, -0.2) is 14.3 Å². The summed E-state index contributed by atoms with van der Waals surface area (Å²) in [4.78, 5) is 0. The van der Waals surface area contributed by atoms with Crippen molar-refractivity contribution in [1.29, 1.82) is 10.5 Å². The fraction of sp³-hybridized carbons (Fsp3) is 0.0357. The maximum absolute atomic E-state index is 10.0. The number of anilines is 1. The van der Waals surface area contributed by atoms with Gasteiger partial charge >= 0.3 is 0 Å². The zero-order valence-electron chi connectivity index (χ0n) is 18.9. The summed E-state index contributed by atoms with van der Waals surface area (Å²) in [6, 6.07) is 26.9. The summed E-state index contributed by atoms with van der Waals surface area (Å²) in [7, 11) is 0. The molecule has 2 heterocycles. The molecule has 6 nitrogen and oxygen atoms in total. The first-order valence-electron chi connectivity index (χ1n) is 11.0. The quantitative estimate of drug-likeness (QED) is 0.267. The summed E-state index contributed by atoms with van der Waals surface area (Å²) in [6.45, 7) is 0. The molecule has 36 heavy (non-hydrogen) atoms. The molecule has 0 aliphatic rings. The maximum Gasteiger partial charge on any atom is 0.145 e. The largest absolute Gasteiger partial charge is 0.382 e. The van der Waals surface area contributed by atoms with Gasteiger partial charge in [0, 0.05) is 34.2 Å². The molecule has 0 saturated carbocycles. The molecule has 2 aromatic heterocycles. The zero-order valence-corrected chi connectivity index (χ0v) is 20.4. The van der Waals surface area contributed by atoms with Crippen LogP contribution in [0.15, 0.2) is 79.0 Å². The molecule has 5 aromatic rings. The fourth-order valence-corrected chi connectivity index (χ4v) is 4.65. The number of rotatable bonds is 5. The summed E-state index contributed by atoms with van der Waals surface area (Å²) >= 11 is 12.5. The summed E-state index contributed by atoms with van der Waals surface area (Å²) in [5, 5.41) is 26.6. The highest BCUT2D eigenvalue weighted by atomic mass is 35.5. The SMILES string of the molecule is N#CC(=Cn1cc(Cc2ccc(Cl)cc2Cl)c2ccccc21)c1nn(-c2ccccc2)c(N)c1C#N. The van der Waals surface area contributed by atoms with E-state index in [9.17, 15) is 10.5 Å².